The molecule has 3 heteroatoms. The third-order valence-corrected chi connectivity index (χ3v) is 2.04. The van der Waals surface area contributed by atoms with Crippen LogP contribution in [0.25, 0.3) is 0 Å². The minimum atomic E-state index is -0.242. The van der Waals surface area contributed by atoms with Gasteiger partial charge in [-0.2, -0.15) is 0 Å². The fraction of sp³-hybridized carbons (Fsp3) is 0.400. The molecule has 0 aliphatic rings. The normalized spacial score (nSPS) is 10.8. The van der Waals surface area contributed by atoms with Gasteiger partial charge in [-0.3, -0.25) is 0 Å². The predicted molar refractivity (Wildman–Crippen MR) is 53.3 cm³/mol. The van der Waals surface area contributed by atoms with Gasteiger partial charge in [0.1, 0.15) is 0 Å². The van der Waals surface area contributed by atoms with Crippen molar-refractivity contribution >= 4 is 11.6 Å². The Morgan fingerprint density at radius 3 is 2.38 bits per heavy atom. The molecule has 0 aromatic heterocycles. The molecule has 0 saturated heterocycles. The maximum Gasteiger partial charge on any atom is 0.176 e. The molecule has 0 atom stereocenters. The summed E-state index contributed by atoms with van der Waals surface area (Å²) in [7, 11) is 0. The summed E-state index contributed by atoms with van der Waals surface area (Å²) in [5.74, 6) is 0.109. The second-order valence-corrected chi connectivity index (χ2v) is 3.95. The van der Waals surface area contributed by atoms with Crippen molar-refractivity contribution in [3.63, 3.8) is 0 Å². The van der Waals surface area contributed by atoms with E-state index in [0.717, 1.165) is 12.0 Å². The van der Waals surface area contributed by atoms with Crippen molar-refractivity contribution in [3.8, 4) is 11.5 Å². The van der Waals surface area contributed by atoms with E-state index in [1.807, 2.05) is 0 Å². The monoisotopic (exact) mass is 200 g/mol. The first kappa shape index (κ1) is 10.2. The molecule has 13 heavy (non-hydrogen) atoms. The van der Waals surface area contributed by atoms with Crippen LogP contribution in [0.3, 0.4) is 0 Å². The molecule has 2 nitrogen and oxygen atoms in total. The zero-order valence-electron chi connectivity index (χ0n) is 7.71. The lowest BCUT2D eigenvalue weighted by Crippen LogP contribution is -1.93. The lowest BCUT2D eigenvalue weighted by molar-refractivity contribution is 0.403. The Bertz CT molecular complexity index is 285. The van der Waals surface area contributed by atoms with Gasteiger partial charge >= 0.3 is 0 Å². The summed E-state index contributed by atoms with van der Waals surface area (Å²) >= 11 is 5.69. The molecule has 0 radical (unpaired) electrons. The van der Waals surface area contributed by atoms with Gasteiger partial charge in [0, 0.05) is 0 Å². The summed E-state index contributed by atoms with van der Waals surface area (Å²) in [4.78, 5) is 0. The van der Waals surface area contributed by atoms with E-state index in [1.165, 1.54) is 0 Å². The van der Waals surface area contributed by atoms with E-state index in [-0.39, 0.29) is 16.5 Å². The molecule has 0 amide bonds. The molecular weight excluding hydrogens is 188 g/mol. The highest BCUT2D eigenvalue weighted by atomic mass is 35.5. The van der Waals surface area contributed by atoms with Crippen LogP contribution in [0, 0.1) is 5.92 Å². The Kier molecular flexibility index (Phi) is 3.04. The highest BCUT2D eigenvalue weighted by Crippen LogP contribution is 2.34. The minimum absolute atomic E-state index is 0.150. The second-order valence-electron chi connectivity index (χ2n) is 3.54. The van der Waals surface area contributed by atoms with Crippen molar-refractivity contribution in [1.82, 2.24) is 0 Å². The van der Waals surface area contributed by atoms with Gasteiger partial charge in [-0.25, -0.2) is 0 Å². The van der Waals surface area contributed by atoms with Gasteiger partial charge in [-0.05, 0) is 30.0 Å². The average molecular weight is 201 g/mol. The third-order valence-electron chi connectivity index (χ3n) is 1.75. The SMILES string of the molecule is CC(C)Cc1cc(O)c(O)c(Cl)c1. The summed E-state index contributed by atoms with van der Waals surface area (Å²) < 4.78 is 0. The second kappa shape index (κ2) is 3.88. The standard InChI is InChI=1S/C10H13ClO2/c1-6(2)3-7-4-8(11)10(13)9(12)5-7/h4-6,12-13H,3H2,1-2H3. The molecule has 1 rings (SSSR count). The van der Waals surface area contributed by atoms with Crippen LogP contribution in [0.4, 0.5) is 0 Å². The van der Waals surface area contributed by atoms with E-state index in [0.29, 0.717) is 5.92 Å². The highest BCUT2D eigenvalue weighted by molar-refractivity contribution is 6.32. The molecular formula is C10H13ClO2. The molecule has 0 aliphatic heterocycles. The number of phenols is 2. The molecule has 0 aliphatic carbocycles. The summed E-state index contributed by atoms with van der Waals surface area (Å²) in [5.41, 5.74) is 0.940. The molecule has 0 fully saturated rings. The van der Waals surface area contributed by atoms with E-state index in [1.54, 1.807) is 12.1 Å². The lowest BCUT2D eigenvalue weighted by atomic mass is 10.0. The fourth-order valence-electron chi connectivity index (χ4n) is 1.23. The number of hydrogen-bond acceptors (Lipinski definition) is 2. The van der Waals surface area contributed by atoms with Crippen molar-refractivity contribution in [2.24, 2.45) is 5.92 Å². The molecule has 0 bridgehead atoms. The summed E-state index contributed by atoms with van der Waals surface area (Å²) in [6, 6.07) is 3.22. The maximum absolute atomic E-state index is 9.26. The van der Waals surface area contributed by atoms with Crippen molar-refractivity contribution in [1.29, 1.82) is 0 Å². The molecule has 1 aromatic carbocycles. The van der Waals surface area contributed by atoms with E-state index in [2.05, 4.69) is 13.8 Å². The lowest BCUT2D eigenvalue weighted by Gasteiger charge is -2.07. The summed E-state index contributed by atoms with van der Waals surface area (Å²) in [6.07, 6.45) is 0.841. The smallest absolute Gasteiger partial charge is 0.176 e. The molecule has 72 valence electrons. The first-order valence-corrected chi connectivity index (χ1v) is 4.59. The van der Waals surface area contributed by atoms with Gasteiger partial charge in [-0.1, -0.05) is 25.4 Å². The quantitative estimate of drug-likeness (QED) is 0.721. The number of rotatable bonds is 2. The van der Waals surface area contributed by atoms with Crippen LogP contribution in [-0.4, -0.2) is 10.2 Å². The average Bonchev–Trinajstić information content (AvgIpc) is 1.98. The zero-order chi connectivity index (χ0) is 10.0. The summed E-state index contributed by atoms with van der Waals surface area (Å²) in [6.45, 7) is 4.16. The van der Waals surface area contributed by atoms with Crippen LogP contribution in [0.1, 0.15) is 19.4 Å². The van der Waals surface area contributed by atoms with Gasteiger partial charge in [0.05, 0.1) is 5.02 Å². The van der Waals surface area contributed by atoms with E-state index >= 15 is 0 Å². The third kappa shape index (κ3) is 2.52. The van der Waals surface area contributed by atoms with E-state index in [4.69, 9.17) is 11.6 Å². The molecule has 2 N–H and O–H groups in total. The number of benzene rings is 1. The van der Waals surface area contributed by atoms with Gasteiger partial charge in [-0.15, -0.1) is 0 Å². The van der Waals surface area contributed by atoms with E-state index in [9.17, 15) is 10.2 Å². The topological polar surface area (TPSA) is 40.5 Å². The highest BCUT2D eigenvalue weighted by Gasteiger charge is 2.07. The van der Waals surface area contributed by atoms with Crippen molar-refractivity contribution in [3.05, 3.63) is 22.7 Å². The first-order valence-electron chi connectivity index (χ1n) is 4.21. The van der Waals surface area contributed by atoms with Gasteiger partial charge in [0.15, 0.2) is 11.5 Å². The van der Waals surface area contributed by atoms with Crippen LogP contribution in [0.15, 0.2) is 12.1 Å². The van der Waals surface area contributed by atoms with Crippen LogP contribution in [-0.2, 0) is 6.42 Å². The maximum atomic E-state index is 9.26. The molecule has 0 unspecified atom stereocenters. The van der Waals surface area contributed by atoms with Crippen molar-refractivity contribution in [2.75, 3.05) is 0 Å². The fourth-order valence-corrected chi connectivity index (χ4v) is 1.47. The summed E-state index contributed by atoms with van der Waals surface area (Å²) in [5, 5.41) is 18.6. The Morgan fingerprint density at radius 2 is 1.92 bits per heavy atom. The zero-order valence-corrected chi connectivity index (χ0v) is 8.47. The Morgan fingerprint density at radius 1 is 1.31 bits per heavy atom. The Balaban J connectivity index is 2.99. The van der Waals surface area contributed by atoms with Crippen LogP contribution >= 0.6 is 11.6 Å². The van der Waals surface area contributed by atoms with Gasteiger partial charge in [0.2, 0.25) is 0 Å². The number of phenolic OH excluding ortho intramolecular Hbond substituents is 2. The molecule has 1 aromatic rings. The largest absolute Gasteiger partial charge is 0.504 e. The van der Waals surface area contributed by atoms with E-state index < -0.39 is 0 Å². The predicted octanol–water partition coefficient (Wildman–Crippen LogP) is 2.95. The van der Waals surface area contributed by atoms with Crippen LogP contribution in [0.5, 0.6) is 11.5 Å². The Labute approximate surface area is 82.8 Å². The van der Waals surface area contributed by atoms with Crippen LogP contribution < -0.4 is 0 Å². The molecule has 0 saturated carbocycles. The van der Waals surface area contributed by atoms with Gasteiger partial charge in [0.25, 0.3) is 0 Å². The Hall–Kier alpha value is -0.890. The number of halogens is 1. The number of aromatic hydroxyl groups is 2. The van der Waals surface area contributed by atoms with Crippen LogP contribution in [0.2, 0.25) is 5.02 Å². The molecule has 0 heterocycles. The minimum Gasteiger partial charge on any atom is -0.504 e. The van der Waals surface area contributed by atoms with Crippen molar-refractivity contribution < 1.29 is 10.2 Å². The van der Waals surface area contributed by atoms with Gasteiger partial charge < -0.3 is 10.2 Å². The van der Waals surface area contributed by atoms with Crippen molar-refractivity contribution in [2.45, 2.75) is 20.3 Å². The number of hydrogen-bond donors (Lipinski definition) is 2. The molecule has 0 spiro atoms. The first-order chi connectivity index (χ1) is 6.00.